The second kappa shape index (κ2) is 10.8. The van der Waals surface area contributed by atoms with E-state index in [0.717, 1.165) is 51.4 Å². The highest BCUT2D eigenvalue weighted by atomic mass is 19.1. The third kappa shape index (κ3) is 5.55. The number of nitrogens with zero attached hydrogens (tertiary/aromatic N) is 2. The fraction of sp³-hybridized carbons (Fsp3) is 0.481. The molecule has 2 aromatic rings. The Bertz CT molecular complexity index is 979. The smallest absolute Gasteiger partial charge is 0.257 e. The van der Waals surface area contributed by atoms with Crippen molar-refractivity contribution in [2.24, 2.45) is 0 Å². The minimum absolute atomic E-state index is 0.0392. The second-order valence-corrected chi connectivity index (χ2v) is 9.15. The molecular weight excluding hydrogens is 419 g/mol. The zero-order valence-corrected chi connectivity index (χ0v) is 19.3. The van der Waals surface area contributed by atoms with Gasteiger partial charge in [-0.1, -0.05) is 37.5 Å². The van der Waals surface area contributed by atoms with E-state index in [1.54, 1.807) is 17.0 Å². The van der Waals surface area contributed by atoms with E-state index in [1.165, 1.54) is 12.1 Å². The van der Waals surface area contributed by atoms with Gasteiger partial charge >= 0.3 is 0 Å². The van der Waals surface area contributed by atoms with Crippen molar-refractivity contribution in [2.75, 3.05) is 20.1 Å². The lowest BCUT2D eigenvalue weighted by molar-refractivity contribution is 0.0267. The Morgan fingerprint density at radius 2 is 1.70 bits per heavy atom. The molecule has 33 heavy (non-hydrogen) atoms. The van der Waals surface area contributed by atoms with Crippen LogP contribution in [-0.4, -0.2) is 53.9 Å². The maximum atomic E-state index is 13.9. The molecule has 2 atom stereocenters. The van der Waals surface area contributed by atoms with Gasteiger partial charge < -0.3 is 14.5 Å². The van der Waals surface area contributed by atoms with Crippen LogP contribution in [0.3, 0.4) is 0 Å². The average Bonchev–Trinajstić information content (AvgIpc) is 2.83. The second-order valence-electron chi connectivity index (χ2n) is 9.15. The Kier molecular flexibility index (Phi) is 7.63. The Hall–Kier alpha value is -2.89. The average molecular weight is 453 g/mol. The van der Waals surface area contributed by atoms with Gasteiger partial charge in [0.2, 0.25) is 0 Å². The minimum Gasteiger partial charge on any atom is -0.487 e. The predicted octanol–water partition coefficient (Wildman–Crippen LogP) is 5.30. The molecule has 1 fully saturated rings. The molecule has 176 valence electrons. The van der Waals surface area contributed by atoms with E-state index in [0.29, 0.717) is 30.0 Å². The molecule has 5 nitrogen and oxygen atoms in total. The summed E-state index contributed by atoms with van der Waals surface area (Å²) in [6, 6.07) is 13.2. The Morgan fingerprint density at radius 1 is 0.939 bits per heavy atom. The number of hydrogen-bond acceptors (Lipinski definition) is 3. The first kappa shape index (κ1) is 23.3. The van der Waals surface area contributed by atoms with Crippen LogP contribution in [0.1, 0.15) is 72.1 Å². The van der Waals surface area contributed by atoms with Crippen LogP contribution in [0, 0.1) is 5.82 Å². The summed E-state index contributed by atoms with van der Waals surface area (Å²) in [7, 11) is 1.84. The molecule has 0 spiro atoms. The van der Waals surface area contributed by atoms with Gasteiger partial charge in [0.05, 0.1) is 11.6 Å². The number of hydrogen-bond donors (Lipinski definition) is 0. The maximum absolute atomic E-state index is 13.9. The number of amides is 2. The third-order valence-electron chi connectivity index (χ3n) is 6.79. The monoisotopic (exact) mass is 452 g/mol. The number of halogens is 1. The molecule has 2 amide bonds. The zero-order chi connectivity index (χ0) is 23.2. The quantitative estimate of drug-likeness (QED) is 0.590. The Morgan fingerprint density at radius 3 is 2.52 bits per heavy atom. The normalized spacial score (nSPS) is 22.5. The highest BCUT2D eigenvalue weighted by Crippen LogP contribution is 2.31. The standard InChI is InChI=1S/C27H33FN2O3/c1-29-17-8-2-3-9-18-30(26(31)20-11-10-12-21(28)19-20)23-14-5-7-16-25(23)33-24-15-6-4-13-22(24)27(29)32/h4,6,10-13,15,19,23,25H,2-3,5,7-9,14,16-18H2,1H3/t23-,25+/m1/s1. The van der Waals surface area contributed by atoms with Gasteiger partial charge in [0, 0.05) is 25.7 Å². The van der Waals surface area contributed by atoms with Gasteiger partial charge in [0.15, 0.2) is 0 Å². The summed E-state index contributed by atoms with van der Waals surface area (Å²) >= 11 is 0. The van der Waals surface area contributed by atoms with Gasteiger partial charge in [0.25, 0.3) is 11.8 Å². The van der Waals surface area contributed by atoms with Crippen LogP contribution in [0.25, 0.3) is 0 Å². The van der Waals surface area contributed by atoms with E-state index in [9.17, 15) is 14.0 Å². The van der Waals surface area contributed by atoms with Crippen LogP contribution < -0.4 is 4.74 Å². The summed E-state index contributed by atoms with van der Waals surface area (Å²) in [5, 5.41) is 0. The summed E-state index contributed by atoms with van der Waals surface area (Å²) in [4.78, 5) is 30.3. The van der Waals surface area contributed by atoms with Crippen LogP contribution in [0.5, 0.6) is 5.75 Å². The fourth-order valence-electron chi connectivity index (χ4n) is 4.98. The SMILES string of the molecule is CN1CCCCCCN(C(=O)c2cccc(F)c2)[C@@H]2CCCC[C@@H]2Oc2ccccc2C1=O. The lowest BCUT2D eigenvalue weighted by atomic mass is 9.90. The number of rotatable bonds is 1. The van der Waals surface area contributed by atoms with Crippen molar-refractivity contribution >= 4 is 11.8 Å². The third-order valence-corrected chi connectivity index (χ3v) is 6.79. The lowest BCUT2D eigenvalue weighted by Gasteiger charge is -2.40. The van der Waals surface area contributed by atoms with Gasteiger partial charge in [-0.2, -0.15) is 0 Å². The van der Waals surface area contributed by atoms with Crippen LogP contribution in [0.2, 0.25) is 0 Å². The minimum atomic E-state index is -0.407. The van der Waals surface area contributed by atoms with Crippen molar-refractivity contribution in [3.63, 3.8) is 0 Å². The fourth-order valence-corrected chi connectivity index (χ4v) is 4.98. The molecule has 1 aliphatic heterocycles. The van der Waals surface area contributed by atoms with Crippen molar-refractivity contribution < 1.29 is 18.7 Å². The molecule has 2 aromatic carbocycles. The van der Waals surface area contributed by atoms with Crippen molar-refractivity contribution in [1.29, 1.82) is 0 Å². The van der Waals surface area contributed by atoms with Crippen molar-refractivity contribution in [2.45, 2.75) is 63.5 Å². The van der Waals surface area contributed by atoms with Crippen LogP contribution in [0.15, 0.2) is 48.5 Å². The van der Waals surface area contributed by atoms with Gasteiger partial charge in [-0.05, 0) is 62.4 Å². The lowest BCUT2D eigenvalue weighted by Crippen LogP contribution is -2.51. The van der Waals surface area contributed by atoms with Crippen LogP contribution in [-0.2, 0) is 0 Å². The number of ether oxygens (including phenoxy) is 1. The van der Waals surface area contributed by atoms with Crippen molar-refractivity contribution in [1.82, 2.24) is 9.80 Å². The molecule has 0 bridgehead atoms. The molecule has 0 N–H and O–H groups in total. The van der Waals surface area contributed by atoms with E-state index >= 15 is 0 Å². The summed E-state index contributed by atoms with van der Waals surface area (Å²) in [6.07, 6.45) is 7.22. The van der Waals surface area contributed by atoms with E-state index < -0.39 is 5.82 Å². The highest BCUT2D eigenvalue weighted by molar-refractivity contribution is 5.97. The maximum Gasteiger partial charge on any atom is 0.257 e. The first-order chi connectivity index (χ1) is 16.0. The van der Waals surface area contributed by atoms with Gasteiger partial charge in [-0.25, -0.2) is 4.39 Å². The largest absolute Gasteiger partial charge is 0.487 e. The number of carbonyl (C=O) groups is 2. The number of carbonyl (C=O) groups excluding carboxylic acids is 2. The topological polar surface area (TPSA) is 49.9 Å². The van der Waals surface area contributed by atoms with E-state index in [2.05, 4.69) is 0 Å². The molecule has 0 radical (unpaired) electrons. The summed E-state index contributed by atoms with van der Waals surface area (Å²) < 4.78 is 20.4. The first-order valence-corrected chi connectivity index (χ1v) is 12.1. The van der Waals surface area contributed by atoms with Crippen molar-refractivity contribution in [3.8, 4) is 5.75 Å². The van der Waals surface area contributed by atoms with Crippen molar-refractivity contribution in [3.05, 3.63) is 65.5 Å². The molecule has 0 aromatic heterocycles. The zero-order valence-electron chi connectivity index (χ0n) is 19.3. The number of para-hydroxylation sites is 1. The first-order valence-electron chi connectivity index (χ1n) is 12.1. The van der Waals surface area contributed by atoms with E-state index in [4.69, 9.17) is 4.74 Å². The summed E-state index contributed by atoms with van der Waals surface area (Å²) in [5.74, 6) is -0.0219. The van der Waals surface area contributed by atoms with Gasteiger partial charge in [-0.3, -0.25) is 9.59 Å². The molecule has 0 saturated heterocycles. The summed E-state index contributed by atoms with van der Waals surface area (Å²) in [5.41, 5.74) is 0.932. The molecule has 1 saturated carbocycles. The molecule has 1 heterocycles. The summed E-state index contributed by atoms with van der Waals surface area (Å²) in [6.45, 7) is 1.31. The van der Waals surface area contributed by atoms with Crippen LogP contribution in [0.4, 0.5) is 4.39 Å². The Balaban J connectivity index is 1.68. The molecular formula is C27H33FN2O3. The number of fused-ring (bicyclic) bond motifs is 2. The Labute approximate surface area is 195 Å². The molecule has 2 aliphatic rings. The van der Waals surface area contributed by atoms with Gasteiger partial charge in [0.1, 0.15) is 17.7 Å². The van der Waals surface area contributed by atoms with Crippen LogP contribution >= 0.6 is 0 Å². The predicted molar refractivity (Wildman–Crippen MR) is 126 cm³/mol. The molecule has 4 rings (SSSR count). The molecule has 1 aliphatic carbocycles. The van der Waals surface area contributed by atoms with E-state index in [1.807, 2.05) is 36.2 Å². The van der Waals surface area contributed by atoms with Gasteiger partial charge in [-0.15, -0.1) is 0 Å². The molecule has 0 unspecified atom stereocenters. The highest BCUT2D eigenvalue weighted by Gasteiger charge is 2.35. The molecule has 6 heteroatoms. The van der Waals surface area contributed by atoms with E-state index in [-0.39, 0.29) is 24.0 Å². The number of benzene rings is 2.